The summed E-state index contributed by atoms with van der Waals surface area (Å²) in [5.74, 6) is -0.384. The molecule has 1 aromatic carbocycles. The van der Waals surface area contributed by atoms with Crippen LogP contribution in [0.5, 0.6) is 0 Å². The summed E-state index contributed by atoms with van der Waals surface area (Å²) in [5.41, 5.74) is 6.33. The van der Waals surface area contributed by atoms with Gasteiger partial charge in [-0.25, -0.2) is 0 Å². The molecule has 1 saturated heterocycles. The van der Waals surface area contributed by atoms with Crippen molar-refractivity contribution in [3.63, 3.8) is 0 Å². The van der Waals surface area contributed by atoms with Crippen molar-refractivity contribution in [1.29, 1.82) is 0 Å². The minimum atomic E-state index is -0.441. The quantitative estimate of drug-likeness (QED) is 0.930. The number of carbonyl (C=O) groups is 1. The highest BCUT2D eigenvalue weighted by atomic mass is 35.5. The van der Waals surface area contributed by atoms with Gasteiger partial charge in [-0.3, -0.25) is 9.69 Å². The van der Waals surface area contributed by atoms with Gasteiger partial charge < -0.3 is 10.5 Å². The van der Waals surface area contributed by atoms with E-state index in [-0.39, 0.29) is 12.0 Å². The van der Waals surface area contributed by atoms with E-state index in [1.54, 1.807) is 12.1 Å². The van der Waals surface area contributed by atoms with Gasteiger partial charge in [0.1, 0.15) is 6.04 Å². The lowest BCUT2D eigenvalue weighted by Crippen LogP contribution is -2.56. The number of primary amides is 1. The normalized spacial score (nSPS) is 24.4. The first-order valence-corrected chi connectivity index (χ1v) is 6.83. The number of nitrogens with zero attached hydrogens (tertiary/aromatic N) is 1. The lowest BCUT2D eigenvalue weighted by atomic mass is 10.1. The molecule has 104 valence electrons. The second-order valence-electron chi connectivity index (χ2n) is 4.63. The van der Waals surface area contributed by atoms with Crippen LogP contribution >= 0.6 is 23.2 Å². The zero-order valence-electron chi connectivity index (χ0n) is 10.6. The third-order valence-corrected chi connectivity index (χ3v) is 3.87. The number of halogens is 2. The van der Waals surface area contributed by atoms with Crippen molar-refractivity contribution >= 4 is 29.1 Å². The fourth-order valence-electron chi connectivity index (χ4n) is 2.35. The van der Waals surface area contributed by atoms with Crippen LogP contribution in [0, 0.1) is 0 Å². The van der Waals surface area contributed by atoms with E-state index in [2.05, 4.69) is 0 Å². The molecule has 0 unspecified atom stereocenters. The molecule has 0 bridgehead atoms. The molecule has 6 heteroatoms. The SMILES string of the molecule is C[C@H]1OCCN(Cc2cc(Cl)ccc2Cl)[C@@H]1C(N)=O. The number of nitrogens with two attached hydrogens (primary N) is 1. The molecule has 0 saturated carbocycles. The number of rotatable bonds is 3. The second kappa shape index (κ2) is 6.09. The maximum atomic E-state index is 11.6. The van der Waals surface area contributed by atoms with Crippen LogP contribution in [0.15, 0.2) is 18.2 Å². The Morgan fingerprint density at radius 2 is 2.26 bits per heavy atom. The van der Waals surface area contributed by atoms with E-state index in [0.29, 0.717) is 29.7 Å². The van der Waals surface area contributed by atoms with Gasteiger partial charge >= 0.3 is 0 Å². The third kappa shape index (κ3) is 3.39. The van der Waals surface area contributed by atoms with E-state index in [1.165, 1.54) is 0 Å². The van der Waals surface area contributed by atoms with Crippen LogP contribution in [-0.2, 0) is 16.1 Å². The minimum Gasteiger partial charge on any atom is -0.375 e. The predicted octanol–water partition coefficient (Wildman–Crippen LogP) is 2.07. The first-order valence-electron chi connectivity index (χ1n) is 6.08. The molecule has 0 spiro atoms. The maximum absolute atomic E-state index is 11.6. The van der Waals surface area contributed by atoms with Crippen molar-refractivity contribution in [3.8, 4) is 0 Å². The zero-order chi connectivity index (χ0) is 14.0. The molecule has 0 aromatic heterocycles. The van der Waals surface area contributed by atoms with Crippen molar-refractivity contribution in [1.82, 2.24) is 4.90 Å². The van der Waals surface area contributed by atoms with Crippen LogP contribution in [0.25, 0.3) is 0 Å². The topological polar surface area (TPSA) is 55.6 Å². The summed E-state index contributed by atoms with van der Waals surface area (Å²) in [6.45, 7) is 3.59. The molecule has 1 aliphatic rings. The molecule has 1 aliphatic heterocycles. The summed E-state index contributed by atoms with van der Waals surface area (Å²) in [7, 11) is 0. The van der Waals surface area contributed by atoms with Crippen LogP contribution in [0.1, 0.15) is 12.5 Å². The van der Waals surface area contributed by atoms with E-state index in [4.69, 9.17) is 33.7 Å². The third-order valence-electron chi connectivity index (χ3n) is 3.27. The Morgan fingerprint density at radius 3 is 2.95 bits per heavy atom. The predicted molar refractivity (Wildman–Crippen MR) is 75.3 cm³/mol. The van der Waals surface area contributed by atoms with E-state index < -0.39 is 6.04 Å². The van der Waals surface area contributed by atoms with Crippen molar-refractivity contribution in [3.05, 3.63) is 33.8 Å². The second-order valence-corrected chi connectivity index (χ2v) is 5.47. The molecule has 2 N–H and O–H groups in total. The Balaban J connectivity index is 2.20. The molecule has 19 heavy (non-hydrogen) atoms. The molecule has 0 radical (unpaired) electrons. The minimum absolute atomic E-state index is 0.218. The Hall–Kier alpha value is -0.810. The Bertz CT molecular complexity index is 482. The van der Waals surface area contributed by atoms with E-state index in [1.807, 2.05) is 17.9 Å². The van der Waals surface area contributed by atoms with Gasteiger partial charge in [0.25, 0.3) is 0 Å². The van der Waals surface area contributed by atoms with Gasteiger partial charge in [-0.1, -0.05) is 23.2 Å². The average molecular weight is 303 g/mol. The monoisotopic (exact) mass is 302 g/mol. The molecule has 2 atom stereocenters. The van der Waals surface area contributed by atoms with Crippen molar-refractivity contribution < 1.29 is 9.53 Å². The number of carbonyl (C=O) groups excluding carboxylic acids is 1. The molecule has 1 amide bonds. The first kappa shape index (κ1) is 14.6. The summed E-state index contributed by atoms with van der Waals surface area (Å²) in [4.78, 5) is 13.5. The Morgan fingerprint density at radius 1 is 1.53 bits per heavy atom. The number of hydrogen-bond acceptors (Lipinski definition) is 3. The van der Waals surface area contributed by atoms with E-state index >= 15 is 0 Å². The average Bonchev–Trinajstić information content (AvgIpc) is 2.33. The van der Waals surface area contributed by atoms with Crippen molar-refractivity contribution in [2.75, 3.05) is 13.2 Å². The van der Waals surface area contributed by atoms with Crippen LogP contribution < -0.4 is 5.73 Å². The molecule has 1 fully saturated rings. The molecule has 0 aliphatic carbocycles. The summed E-state index contributed by atoms with van der Waals surface area (Å²) in [5, 5.41) is 1.25. The van der Waals surface area contributed by atoms with Crippen LogP contribution in [0.3, 0.4) is 0 Å². The van der Waals surface area contributed by atoms with E-state index in [9.17, 15) is 4.79 Å². The van der Waals surface area contributed by atoms with Crippen molar-refractivity contribution in [2.45, 2.75) is 25.6 Å². The highest BCUT2D eigenvalue weighted by Crippen LogP contribution is 2.24. The largest absolute Gasteiger partial charge is 0.375 e. The molecule has 1 aromatic rings. The molecular weight excluding hydrogens is 287 g/mol. The maximum Gasteiger partial charge on any atom is 0.237 e. The Labute approximate surface area is 122 Å². The smallest absolute Gasteiger partial charge is 0.237 e. The van der Waals surface area contributed by atoms with Crippen LogP contribution in [0.2, 0.25) is 10.0 Å². The number of amides is 1. The molecule has 2 rings (SSSR count). The Kier molecular flexibility index (Phi) is 4.68. The van der Waals surface area contributed by atoms with Gasteiger partial charge in [0, 0.05) is 23.1 Å². The zero-order valence-corrected chi connectivity index (χ0v) is 12.1. The number of benzene rings is 1. The lowest BCUT2D eigenvalue weighted by Gasteiger charge is -2.38. The summed E-state index contributed by atoms with van der Waals surface area (Å²) in [6, 6.07) is 4.86. The molecule has 1 heterocycles. The van der Waals surface area contributed by atoms with Crippen LogP contribution in [0.4, 0.5) is 0 Å². The fraction of sp³-hybridized carbons (Fsp3) is 0.462. The first-order chi connectivity index (χ1) is 8.99. The van der Waals surface area contributed by atoms with Crippen molar-refractivity contribution in [2.24, 2.45) is 5.73 Å². The number of hydrogen-bond donors (Lipinski definition) is 1. The van der Waals surface area contributed by atoms with Gasteiger partial charge in [0.2, 0.25) is 5.91 Å². The summed E-state index contributed by atoms with van der Waals surface area (Å²) in [6.07, 6.45) is -0.218. The van der Waals surface area contributed by atoms with Gasteiger partial charge in [-0.15, -0.1) is 0 Å². The molecule has 4 nitrogen and oxygen atoms in total. The lowest BCUT2D eigenvalue weighted by molar-refractivity contribution is -0.136. The van der Waals surface area contributed by atoms with Gasteiger partial charge in [0.15, 0.2) is 0 Å². The molecular formula is C13H16Cl2N2O2. The summed E-state index contributed by atoms with van der Waals surface area (Å²) < 4.78 is 5.47. The van der Waals surface area contributed by atoms with Gasteiger partial charge in [-0.2, -0.15) is 0 Å². The van der Waals surface area contributed by atoms with Gasteiger partial charge in [0.05, 0.1) is 12.7 Å². The standard InChI is InChI=1S/C13H16Cl2N2O2/c1-8-12(13(16)18)17(4-5-19-8)7-9-6-10(14)2-3-11(9)15/h2-3,6,8,12H,4-5,7H2,1H3,(H2,16,18)/t8-,12+/m1/s1. The highest BCUT2D eigenvalue weighted by Gasteiger charge is 2.33. The fourth-order valence-corrected chi connectivity index (χ4v) is 2.73. The van der Waals surface area contributed by atoms with Crippen LogP contribution in [-0.4, -0.2) is 36.1 Å². The number of morpholine rings is 1. The van der Waals surface area contributed by atoms with Gasteiger partial charge in [-0.05, 0) is 30.7 Å². The van der Waals surface area contributed by atoms with E-state index in [0.717, 1.165) is 5.56 Å². The number of ether oxygens (including phenoxy) is 1. The summed E-state index contributed by atoms with van der Waals surface area (Å²) >= 11 is 12.1. The highest BCUT2D eigenvalue weighted by molar-refractivity contribution is 6.33.